The molecule has 0 heterocycles. The molecule has 2 unspecified atom stereocenters. The van der Waals surface area contributed by atoms with Gasteiger partial charge in [0.2, 0.25) is 0 Å². The van der Waals surface area contributed by atoms with Crippen molar-refractivity contribution in [1.29, 1.82) is 0 Å². The number of aliphatic carboxylic acids is 1. The Balaban J connectivity index is 4.07. The molecule has 0 spiro atoms. The fourth-order valence-electron chi connectivity index (χ4n) is 11.6. The third kappa shape index (κ3) is 80.6. The highest BCUT2D eigenvalue weighted by Gasteiger charge is 2.25. The van der Waals surface area contributed by atoms with Gasteiger partial charge in [-0.25, -0.2) is 4.79 Å². The van der Waals surface area contributed by atoms with Gasteiger partial charge in [-0.2, -0.15) is 0 Å². The number of rotatable bonds is 76. The van der Waals surface area contributed by atoms with Crippen LogP contribution in [-0.2, 0) is 33.3 Å². The summed E-state index contributed by atoms with van der Waals surface area (Å²) in [4.78, 5) is 37.8. The normalized spacial score (nSPS) is 13.3. The first-order chi connectivity index (χ1) is 48.6. The minimum absolute atomic E-state index is 0.180. The number of carbonyl (C=O) groups is 3. The van der Waals surface area contributed by atoms with Crippen molar-refractivity contribution in [3.63, 3.8) is 0 Å². The van der Waals surface area contributed by atoms with Gasteiger partial charge in [0.15, 0.2) is 6.10 Å². The van der Waals surface area contributed by atoms with E-state index in [0.717, 1.165) is 122 Å². The molecule has 99 heavy (non-hydrogen) atoms. The number of carboxylic acids is 1. The van der Waals surface area contributed by atoms with Crippen LogP contribution in [0.5, 0.6) is 0 Å². The maximum absolute atomic E-state index is 13.0. The molecule has 2 atom stereocenters. The fraction of sp³-hybridized carbons (Fsp3) is 0.722. The zero-order chi connectivity index (χ0) is 71.8. The molecule has 0 aliphatic carbocycles. The van der Waals surface area contributed by atoms with E-state index in [2.05, 4.69) is 148 Å². The van der Waals surface area contributed by atoms with Crippen LogP contribution in [0.2, 0.25) is 0 Å². The Kier molecular flexibility index (Phi) is 75.5. The van der Waals surface area contributed by atoms with Crippen LogP contribution in [0.25, 0.3) is 0 Å². The Labute approximate surface area is 611 Å². The highest BCUT2D eigenvalue weighted by Crippen LogP contribution is 2.19. The molecule has 0 saturated carbocycles. The van der Waals surface area contributed by atoms with Crippen molar-refractivity contribution < 1.29 is 42.9 Å². The largest absolute Gasteiger partial charge is 0.477 e. The summed E-state index contributed by atoms with van der Waals surface area (Å²) < 4.78 is 23.0. The molecule has 0 aromatic rings. The second kappa shape index (κ2) is 79.1. The van der Waals surface area contributed by atoms with E-state index < -0.39 is 24.3 Å². The summed E-state index contributed by atoms with van der Waals surface area (Å²) in [5.41, 5.74) is 0. The average molecular weight is 1380 g/mol. The van der Waals surface area contributed by atoms with Crippen molar-refractivity contribution in [2.24, 2.45) is 0 Å². The van der Waals surface area contributed by atoms with E-state index in [0.29, 0.717) is 23.9 Å². The first kappa shape index (κ1) is 94.4. The summed E-state index contributed by atoms with van der Waals surface area (Å²) in [6.45, 7) is 4.77. The number of esters is 2. The number of carboxylic acid groups (broad SMARTS) is 1. The molecule has 0 saturated heterocycles. The molecule has 0 aromatic carbocycles. The Morgan fingerprint density at radius 2 is 0.576 bits per heavy atom. The van der Waals surface area contributed by atoms with Gasteiger partial charge in [0, 0.05) is 12.8 Å². The number of hydrogen-bond acceptors (Lipinski definition) is 7. The molecular weight excluding hydrogens is 1220 g/mol. The van der Waals surface area contributed by atoms with Crippen molar-refractivity contribution in [3.8, 4) is 0 Å². The number of likely N-dealkylation sites (N-methyl/N-ethyl adjacent to an activating group) is 1. The minimum Gasteiger partial charge on any atom is -0.477 e. The van der Waals surface area contributed by atoms with E-state index in [-0.39, 0.29) is 32.2 Å². The maximum Gasteiger partial charge on any atom is 0.361 e. The zero-order valence-electron chi connectivity index (χ0n) is 65.1. The molecule has 0 aliphatic heterocycles. The van der Waals surface area contributed by atoms with E-state index in [4.69, 9.17) is 18.9 Å². The first-order valence-corrected chi connectivity index (χ1v) is 41.3. The lowest BCUT2D eigenvalue weighted by Crippen LogP contribution is -2.40. The Bertz CT molecular complexity index is 2100. The van der Waals surface area contributed by atoms with E-state index >= 15 is 0 Å². The Hall–Kier alpha value is -4.57. The Morgan fingerprint density at radius 3 is 0.869 bits per heavy atom. The number of hydrogen-bond donors (Lipinski definition) is 1. The van der Waals surface area contributed by atoms with Crippen LogP contribution in [0.1, 0.15) is 361 Å². The van der Waals surface area contributed by atoms with Crippen LogP contribution in [0.15, 0.2) is 134 Å². The van der Waals surface area contributed by atoms with Gasteiger partial charge in [-0.15, -0.1) is 0 Å². The number of carbonyl (C=O) groups excluding carboxylic acids is 2. The quantitative estimate of drug-likeness (QED) is 0.0211. The molecule has 0 bridgehead atoms. The van der Waals surface area contributed by atoms with Crippen LogP contribution in [0, 0.1) is 0 Å². The van der Waals surface area contributed by atoms with Crippen molar-refractivity contribution >= 4 is 17.9 Å². The predicted octanol–water partition coefficient (Wildman–Crippen LogP) is 26.8. The molecule has 0 aromatic heterocycles. The summed E-state index contributed by atoms with van der Waals surface area (Å²) in [6.07, 6.45) is 112. The molecule has 1 N–H and O–H groups in total. The van der Waals surface area contributed by atoms with Crippen LogP contribution in [-0.4, -0.2) is 87.4 Å². The van der Waals surface area contributed by atoms with Gasteiger partial charge in [0.1, 0.15) is 13.2 Å². The number of ether oxygens (including phenoxy) is 4. The first-order valence-electron chi connectivity index (χ1n) is 41.3. The molecular formula is C90H156NO8+. The van der Waals surface area contributed by atoms with Crippen LogP contribution in [0.3, 0.4) is 0 Å². The van der Waals surface area contributed by atoms with Crippen LogP contribution in [0.4, 0.5) is 0 Å². The average Bonchev–Trinajstić information content (AvgIpc) is 2.19. The van der Waals surface area contributed by atoms with Crippen molar-refractivity contribution in [3.05, 3.63) is 134 Å². The predicted molar refractivity (Wildman–Crippen MR) is 428 cm³/mol. The van der Waals surface area contributed by atoms with Crippen molar-refractivity contribution in [2.75, 3.05) is 47.5 Å². The second-order valence-corrected chi connectivity index (χ2v) is 28.7. The van der Waals surface area contributed by atoms with Crippen molar-refractivity contribution in [2.45, 2.75) is 373 Å². The van der Waals surface area contributed by atoms with E-state index in [1.807, 2.05) is 21.1 Å². The molecule has 0 aliphatic rings. The van der Waals surface area contributed by atoms with Gasteiger partial charge in [-0.3, -0.25) is 9.59 Å². The van der Waals surface area contributed by atoms with Gasteiger partial charge in [0.25, 0.3) is 6.29 Å². The summed E-state index contributed by atoms with van der Waals surface area (Å²) >= 11 is 0. The summed E-state index contributed by atoms with van der Waals surface area (Å²) in [5, 5.41) is 9.78. The van der Waals surface area contributed by atoms with Crippen LogP contribution >= 0.6 is 0 Å². The minimum atomic E-state index is -1.52. The van der Waals surface area contributed by atoms with E-state index in [9.17, 15) is 19.5 Å². The molecule has 0 fully saturated rings. The lowest BCUT2D eigenvalue weighted by atomic mass is 10.0. The highest BCUT2D eigenvalue weighted by molar-refractivity contribution is 5.71. The highest BCUT2D eigenvalue weighted by atomic mass is 16.7. The van der Waals surface area contributed by atoms with Crippen molar-refractivity contribution in [1.82, 2.24) is 0 Å². The summed E-state index contributed by atoms with van der Waals surface area (Å²) in [7, 11) is 5.98. The molecule has 9 nitrogen and oxygen atoms in total. The Morgan fingerprint density at radius 1 is 0.313 bits per heavy atom. The number of nitrogens with zero attached hydrogens (tertiary/aromatic N) is 1. The van der Waals surface area contributed by atoms with Crippen LogP contribution < -0.4 is 0 Å². The zero-order valence-corrected chi connectivity index (χ0v) is 65.1. The number of allylic oxidation sites excluding steroid dienone is 22. The molecule has 0 amide bonds. The van der Waals surface area contributed by atoms with Gasteiger partial charge < -0.3 is 28.5 Å². The fourth-order valence-corrected chi connectivity index (χ4v) is 11.6. The third-order valence-electron chi connectivity index (χ3n) is 17.9. The maximum atomic E-state index is 13.0. The smallest absolute Gasteiger partial charge is 0.361 e. The monoisotopic (exact) mass is 1380 g/mol. The molecule has 0 rings (SSSR count). The van der Waals surface area contributed by atoms with Gasteiger partial charge >= 0.3 is 17.9 Å². The molecule has 0 radical (unpaired) electrons. The summed E-state index contributed by atoms with van der Waals surface area (Å²) in [5.74, 6) is -2.02. The SMILES string of the molecule is CC/C=C\C/C=C\C/C=C\C/C=C\C/C=C\C/C=C\C/C=C\C/C=C\C/C=C\C/C=C\CCCCCCCCC(=O)OC(COC(=O)CCCCCCCCCCCCCCCCCCCCCCCCCCC/C=C\CCCCCCCCCC)COC(OCC[N+](C)(C)C)C(=O)O. The van der Waals surface area contributed by atoms with Gasteiger partial charge in [0.05, 0.1) is 34.4 Å². The van der Waals surface area contributed by atoms with Gasteiger partial charge in [-0.1, -0.05) is 366 Å². The standard InChI is InChI=1S/C90H155NO8/c1-6-8-10-12-14-16-18-20-22-24-26-28-30-32-34-36-38-40-42-44-46-48-50-52-54-56-58-60-62-64-66-68-70-72-74-76-78-80-87(92)97-84-86(85-98-90(89(94)95)96-83-82-91(3,4)5)99-88(93)81-79-77-75-73-71-69-67-65-63-61-59-57-55-53-51-49-47-45-43-41-39-37-35-33-31-29-27-25-23-21-19-17-15-13-11-9-7-2/h9,11,15,17,21,23-24,26-27,29,33,35,39,41,45,47,51,53,57,59,63,65,86,90H,6-8,10,12-14,16,18-20,22,25,28,30-32,34,36-38,40,42-44,46,48-50,52,54-56,58,60-62,64,66-85H2,1-5H3/p+1/b11-9-,17-15-,23-21-,26-24-,29-27-,35-33-,41-39-,47-45-,53-51-,59-57-,65-63-. The lowest BCUT2D eigenvalue weighted by molar-refractivity contribution is -0.870. The number of quaternary nitrogens is 1. The topological polar surface area (TPSA) is 108 Å². The van der Waals surface area contributed by atoms with E-state index in [1.54, 1.807) is 0 Å². The lowest BCUT2D eigenvalue weighted by Gasteiger charge is -2.25. The third-order valence-corrected chi connectivity index (χ3v) is 17.9. The molecule has 568 valence electrons. The number of unbranched alkanes of at least 4 members (excludes halogenated alkanes) is 39. The van der Waals surface area contributed by atoms with E-state index in [1.165, 1.54) is 205 Å². The molecule has 9 heteroatoms. The second-order valence-electron chi connectivity index (χ2n) is 28.7. The summed E-state index contributed by atoms with van der Waals surface area (Å²) in [6, 6.07) is 0. The van der Waals surface area contributed by atoms with Gasteiger partial charge in [-0.05, 0) is 116 Å².